The van der Waals surface area contributed by atoms with E-state index in [9.17, 15) is 9.90 Å². The Hall–Kier alpha value is -1.73. The van der Waals surface area contributed by atoms with E-state index in [1.54, 1.807) is 6.92 Å². The molecule has 0 aliphatic rings. The molecule has 1 aromatic rings. The van der Waals surface area contributed by atoms with Gasteiger partial charge in [-0.25, -0.2) is 14.8 Å². The zero-order valence-electron chi connectivity index (χ0n) is 11.3. The number of nitrogens with one attached hydrogen (secondary N) is 1. The third-order valence-corrected chi connectivity index (χ3v) is 2.44. The minimum atomic E-state index is -0.554. The van der Waals surface area contributed by atoms with E-state index in [1.807, 2.05) is 0 Å². The van der Waals surface area contributed by atoms with Gasteiger partial charge in [-0.05, 0) is 13.3 Å². The van der Waals surface area contributed by atoms with Gasteiger partial charge in [-0.15, -0.1) is 0 Å². The maximum absolute atomic E-state index is 11.5. The zero-order valence-corrected chi connectivity index (χ0v) is 11.3. The Labute approximate surface area is 112 Å². The fourth-order valence-corrected chi connectivity index (χ4v) is 1.50. The molecule has 106 valence electrons. The van der Waals surface area contributed by atoms with E-state index in [2.05, 4.69) is 20.0 Å². The molecule has 0 bridgehead atoms. The number of carbonyl (C=O) groups is 1. The van der Waals surface area contributed by atoms with Crippen molar-refractivity contribution in [2.24, 2.45) is 0 Å². The van der Waals surface area contributed by atoms with E-state index in [4.69, 9.17) is 4.74 Å². The highest BCUT2D eigenvalue weighted by Crippen LogP contribution is 2.13. The number of anilines is 1. The molecule has 0 saturated heterocycles. The van der Waals surface area contributed by atoms with Gasteiger partial charge in [0.05, 0.1) is 19.8 Å². The number of aryl methyl sites for hydroxylation is 1. The molecule has 0 fully saturated rings. The molecule has 0 radical (unpaired) electrons. The molecule has 2 N–H and O–H groups in total. The summed E-state index contributed by atoms with van der Waals surface area (Å²) in [6.07, 6.45) is 1.35. The lowest BCUT2D eigenvalue weighted by Crippen LogP contribution is -2.20. The third-order valence-electron chi connectivity index (χ3n) is 2.44. The van der Waals surface area contributed by atoms with Gasteiger partial charge in [0, 0.05) is 19.9 Å². The molecular weight excluding hydrogens is 250 g/mol. The number of rotatable bonds is 7. The van der Waals surface area contributed by atoms with Gasteiger partial charge in [-0.1, -0.05) is 0 Å². The molecular formula is C12H19N3O4. The molecule has 0 spiro atoms. The summed E-state index contributed by atoms with van der Waals surface area (Å²) in [5.74, 6) is 0.455. The first-order valence-corrected chi connectivity index (χ1v) is 5.91. The summed E-state index contributed by atoms with van der Waals surface area (Å²) in [4.78, 5) is 19.6. The van der Waals surface area contributed by atoms with Crippen molar-refractivity contribution in [2.75, 3.05) is 32.7 Å². The van der Waals surface area contributed by atoms with Crippen molar-refractivity contribution in [3.63, 3.8) is 0 Å². The monoisotopic (exact) mass is 269 g/mol. The van der Waals surface area contributed by atoms with E-state index in [0.717, 1.165) is 0 Å². The van der Waals surface area contributed by atoms with Crippen molar-refractivity contribution in [1.29, 1.82) is 0 Å². The Morgan fingerprint density at radius 1 is 1.53 bits per heavy atom. The second-order valence-electron chi connectivity index (χ2n) is 4.00. The normalized spacial score (nSPS) is 12.0. The maximum Gasteiger partial charge on any atom is 0.343 e. The fourth-order valence-electron chi connectivity index (χ4n) is 1.50. The minimum Gasteiger partial charge on any atom is -0.465 e. The Morgan fingerprint density at radius 3 is 2.89 bits per heavy atom. The fraction of sp³-hybridized carbons (Fsp3) is 0.583. The second kappa shape index (κ2) is 7.65. The van der Waals surface area contributed by atoms with Crippen LogP contribution >= 0.6 is 0 Å². The second-order valence-corrected chi connectivity index (χ2v) is 4.00. The van der Waals surface area contributed by atoms with E-state index < -0.39 is 12.1 Å². The maximum atomic E-state index is 11.5. The van der Waals surface area contributed by atoms with Crippen molar-refractivity contribution in [1.82, 2.24) is 9.97 Å². The molecule has 1 heterocycles. The molecule has 0 aliphatic heterocycles. The number of hydrogen-bond acceptors (Lipinski definition) is 7. The summed E-state index contributed by atoms with van der Waals surface area (Å²) in [5, 5.41) is 12.5. The Balaban J connectivity index is 2.66. The molecule has 1 rings (SSSR count). The third kappa shape index (κ3) is 4.80. The van der Waals surface area contributed by atoms with Crippen LogP contribution in [0.3, 0.4) is 0 Å². The van der Waals surface area contributed by atoms with Crippen LogP contribution in [0, 0.1) is 6.92 Å². The van der Waals surface area contributed by atoms with Crippen LogP contribution in [0.15, 0.2) is 6.20 Å². The summed E-state index contributed by atoms with van der Waals surface area (Å²) < 4.78 is 9.48. The molecule has 1 unspecified atom stereocenters. The van der Waals surface area contributed by atoms with Crippen LogP contribution in [0.4, 0.5) is 5.82 Å². The van der Waals surface area contributed by atoms with Crippen molar-refractivity contribution in [3.05, 3.63) is 17.6 Å². The molecule has 0 aliphatic carbocycles. The summed E-state index contributed by atoms with van der Waals surface area (Å²) in [6, 6.07) is 0. The first kappa shape index (κ1) is 15.3. The van der Waals surface area contributed by atoms with Crippen LogP contribution in [0.25, 0.3) is 0 Å². The molecule has 7 nitrogen and oxygen atoms in total. The molecule has 19 heavy (non-hydrogen) atoms. The first-order valence-electron chi connectivity index (χ1n) is 5.91. The molecule has 1 aromatic heterocycles. The van der Waals surface area contributed by atoms with Gasteiger partial charge in [0.15, 0.2) is 0 Å². The van der Waals surface area contributed by atoms with E-state index in [1.165, 1.54) is 20.4 Å². The van der Waals surface area contributed by atoms with Gasteiger partial charge >= 0.3 is 5.97 Å². The van der Waals surface area contributed by atoms with Gasteiger partial charge in [-0.2, -0.15) is 0 Å². The Kier molecular flexibility index (Phi) is 6.17. The lowest BCUT2D eigenvalue weighted by molar-refractivity contribution is 0.0600. The Morgan fingerprint density at radius 2 is 2.26 bits per heavy atom. The van der Waals surface area contributed by atoms with Gasteiger partial charge in [-0.3, -0.25) is 0 Å². The smallest absolute Gasteiger partial charge is 0.343 e. The highest BCUT2D eigenvalue weighted by molar-refractivity contribution is 5.94. The van der Waals surface area contributed by atoms with Crippen molar-refractivity contribution >= 4 is 11.8 Å². The SMILES string of the molecule is COCC(O)CCNc1nc(C)ncc1C(=O)OC. The number of hydrogen-bond donors (Lipinski definition) is 2. The van der Waals surface area contributed by atoms with Crippen LogP contribution in [0.1, 0.15) is 22.6 Å². The van der Waals surface area contributed by atoms with Crippen LogP contribution < -0.4 is 5.32 Å². The standard InChI is InChI=1S/C12H19N3O4/c1-8-14-6-10(12(17)19-3)11(15-8)13-5-4-9(16)7-18-2/h6,9,16H,4-5,7H2,1-3H3,(H,13,14,15). The molecule has 0 aromatic carbocycles. The van der Waals surface area contributed by atoms with Crippen molar-refractivity contribution in [2.45, 2.75) is 19.4 Å². The van der Waals surface area contributed by atoms with Crippen molar-refractivity contribution in [3.8, 4) is 0 Å². The van der Waals surface area contributed by atoms with Gasteiger partial charge in [0.2, 0.25) is 0 Å². The number of carbonyl (C=O) groups excluding carboxylic acids is 1. The summed E-state index contributed by atoms with van der Waals surface area (Å²) in [6.45, 7) is 2.46. The summed E-state index contributed by atoms with van der Waals surface area (Å²) >= 11 is 0. The van der Waals surface area contributed by atoms with Crippen LogP contribution in [-0.2, 0) is 9.47 Å². The predicted molar refractivity (Wildman–Crippen MR) is 69.1 cm³/mol. The summed E-state index contributed by atoms with van der Waals surface area (Å²) in [5.41, 5.74) is 0.273. The molecule has 0 amide bonds. The number of methoxy groups -OCH3 is 2. The highest BCUT2D eigenvalue weighted by Gasteiger charge is 2.14. The van der Waals surface area contributed by atoms with E-state index in [-0.39, 0.29) is 12.2 Å². The summed E-state index contributed by atoms with van der Waals surface area (Å²) in [7, 11) is 2.83. The van der Waals surface area contributed by atoms with Crippen LogP contribution in [-0.4, -0.2) is 54.5 Å². The number of esters is 1. The zero-order chi connectivity index (χ0) is 14.3. The van der Waals surface area contributed by atoms with E-state index >= 15 is 0 Å². The largest absolute Gasteiger partial charge is 0.465 e. The topological polar surface area (TPSA) is 93.6 Å². The van der Waals surface area contributed by atoms with Crippen molar-refractivity contribution < 1.29 is 19.4 Å². The van der Waals surface area contributed by atoms with E-state index in [0.29, 0.717) is 24.6 Å². The lowest BCUT2D eigenvalue weighted by atomic mass is 10.2. The predicted octanol–water partition coefficient (Wildman–Crippen LogP) is 0.381. The van der Waals surface area contributed by atoms with Gasteiger partial charge < -0.3 is 19.9 Å². The number of aliphatic hydroxyl groups excluding tert-OH is 1. The number of aromatic nitrogens is 2. The minimum absolute atomic E-state index is 0.272. The van der Waals surface area contributed by atoms with Crippen LogP contribution in [0.5, 0.6) is 0 Å². The molecule has 1 atom stereocenters. The first-order chi connectivity index (χ1) is 9.08. The quantitative estimate of drug-likeness (QED) is 0.691. The number of ether oxygens (including phenoxy) is 2. The van der Waals surface area contributed by atoms with Gasteiger partial charge in [0.25, 0.3) is 0 Å². The average molecular weight is 269 g/mol. The number of aliphatic hydroxyl groups is 1. The molecule has 0 saturated carbocycles. The highest BCUT2D eigenvalue weighted by atomic mass is 16.5. The van der Waals surface area contributed by atoms with Crippen LogP contribution in [0.2, 0.25) is 0 Å². The number of nitrogens with zero attached hydrogens (tertiary/aromatic N) is 2. The molecule has 7 heteroatoms. The van der Waals surface area contributed by atoms with Gasteiger partial charge in [0.1, 0.15) is 17.2 Å². The average Bonchev–Trinajstić information content (AvgIpc) is 2.38. The lowest BCUT2D eigenvalue weighted by Gasteiger charge is -2.12. The Bertz CT molecular complexity index is 425.